The van der Waals surface area contributed by atoms with E-state index in [2.05, 4.69) is 10.3 Å². The van der Waals surface area contributed by atoms with Crippen molar-refractivity contribution in [2.24, 2.45) is 0 Å². The van der Waals surface area contributed by atoms with Crippen LogP contribution in [0.3, 0.4) is 0 Å². The number of carbonyl (C=O) groups excluding carboxylic acids is 1. The van der Waals surface area contributed by atoms with Gasteiger partial charge in [0.1, 0.15) is 22.7 Å². The Morgan fingerprint density at radius 2 is 2.18 bits per heavy atom. The van der Waals surface area contributed by atoms with Crippen molar-refractivity contribution in [3.05, 3.63) is 41.2 Å². The molecule has 0 radical (unpaired) electrons. The van der Waals surface area contributed by atoms with Crippen LogP contribution in [-0.2, 0) is 4.79 Å². The maximum atomic E-state index is 14.2. The summed E-state index contributed by atoms with van der Waals surface area (Å²) in [5, 5.41) is 2.00. The molecular weight excluding hydrogens is 312 g/mol. The van der Waals surface area contributed by atoms with Gasteiger partial charge in [0, 0.05) is 19.4 Å². The Hall–Kier alpha value is -1.95. The molecule has 2 aromatic rings. The molecule has 0 bridgehead atoms. The topological polar surface area (TPSA) is 46.9 Å². The molecule has 4 nitrogen and oxygen atoms in total. The molecular formula is C15H16ClF2N3O. The van der Waals surface area contributed by atoms with Crippen molar-refractivity contribution < 1.29 is 13.6 Å². The van der Waals surface area contributed by atoms with Crippen molar-refractivity contribution in [3.63, 3.8) is 0 Å². The van der Waals surface area contributed by atoms with Gasteiger partial charge in [0.15, 0.2) is 5.82 Å². The molecule has 1 aromatic carbocycles. The molecule has 0 aliphatic heterocycles. The summed E-state index contributed by atoms with van der Waals surface area (Å²) in [6.07, 6.45) is 4.40. The maximum Gasteiger partial charge on any atom is 0.242 e. The van der Waals surface area contributed by atoms with E-state index < -0.39 is 22.7 Å². The summed E-state index contributed by atoms with van der Waals surface area (Å²) in [5.74, 6) is -1.69. The molecule has 1 N–H and O–H groups in total. The minimum Gasteiger partial charge on any atom is -0.357 e. The maximum absolute atomic E-state index is 14.2. The van der Waals surface area contributed by atoms with Crippen LogP contribution in [0.4, 0.5) is 8.78 Å². The summed E-state index contributed by atoms with van der Waals surface area (Å²) < 4.78 is 29.1. The second-order valence-corrected chi connectivity index (χ2v) is 5.18. The van der Waals surface area contributed by atoms with Crippen LogP contribution >= 0.6 is 11.6 Å². The number of likely N-dealkylation sites (N-methyl/N-ethyl adjacent to an activating group) is 1. The van der Waals surface area contributed by atoms with E-state index in [4.69, 9.17) is 11.6 Å². The van der Waals surface area contributed by atoms with Gasteiger partial charge in [-0.3, -0.25) is 4.79 Å². The molecule has 1 atom stereocenters. The van der Waals surface area contributed by atoms with Crippen LogP contribution in [-0.4, -0.2) is 22.5 Å². The average Bonchev–Trinajstić information content (AvgIpc) is 2.98. The van der Waals surface area contributed by atoms with E-state index in [1.54, 1.807) is 10.8 Å². The zero-order chi connectivity index (χ0) is 16.3. The monoisotopic (exact) mass is 327 g/mol. The van der Waals surface area contributed by atoms with Crippen LogP contribution in [0, 0.1) is 11.6 Å². The van der Waals surface area contributed by atoms with Gasteiger partial charge in [-0.2, -0.15) is 0 Å². The lowest BCUT2D eigenvalue weighted by atomic mass is 10.1. The molecule has 1 heterocycles. The minimum atomic E-state index is -0.888. The number of imidazole rings is 1. The number of hydrogen-bond acceptors (Lipinski definition) is 2. The van der Waals surface area contributed by atoms with Gasteiger partial charge in [-0.05, 0) is 18.6 Å². The first kappa shape index (κ1) is 16.4. The summed E-state index contributed by atoms with van der Waals surface area (Å²) in [6.45, 7) is 1.95. The number of nitrogens with zero attached hydrogens (tertiary/aromatic N) is 2. The number of amides is 1. The van der Waals surface area contributed by atoms with Gasteiger partial charge in [-0.25, -0.2) is 13.8 Å². The van der Waals surface area contributed by atoms with Crippen LogP contribution in [0.5, 0.6) is 0 Å². The third-order valence-corrected chi connectivity index (χ3v) is 3.74. The quantitative estimate of drug-likeness (QED) is 0.853. The number of halogens is 3. The molecule has 0 fully saturated rings. The largest absolute Gasteiger partial charge is 0.357 e. The van der Waals surface area contributed by atoms with Crippen LogP contribution in [0.25, 0.3) is 11.4 Å². The van der Waals surface area contributed by atoms with Gasteiger partial charge in [-0.15, -0.1) is 0 Å². The number of nitrogens with one attached hydrogen (secondary N) is 1. The van der Waals surface area contributed by atoms with Crippen molar-refractivity contribution in [2.75, 3.05) is 7.05 Å². The average molecular weight is 328 g/mol. The Bertz CT molecular complexity index is 687. The highest BCUT2D eigenvalue weighted by Gasteiger charge is 2.24. The summed E-state index contributed by atoms with van der Waals surface area (Å²) in [7, 11) is 1.54. The lowest BCUT2D eigenvalue weighted by Crippen LogP contribution is -2.30. The fourth-order valence-corrected chi connectivity index (χ4v) is 2.47. The third kappa shape index (κ3) is 2.97. The van der Waals surface area contributed by atoms with E-state index in [1.807, 2.05) is 6.92 Å². The van der Waals surface area contributed by atoms with Gasteiger partial charge in [0.05, 0.1) is 5.56 Å². The first-order chi connectivity index (χ1) is 10.5. The normalized spacial score (nSPS) is 12.2. The second-order valence-electron chi connectivity index (χ2n) is 4.80. The van der Waals surface area contributed by atoms with Crippen molar-refractivity contribution in [2.45, 2.75) is 25.8 Å². The van der Waals surface area contributed by atoms with E-state index >= 15 is 0 Å². The number of rotatable bonds is 5. The number of hydrogen-bond donors (Lipinski definition) is 1. The predicted octanol–water partition coefficient (Wildman–Crippen LogP) is 3.57. The molecule has 0 spiro atoms. The van der Waals surface area contributed by atoms with E-state index in [1.165, 1.54) is 19.3 Å². The summed E-state index contributed by atoms with van der Waals surface area (Å²) in [5.41, 5.74) is 0.0569. The van der Waals surface area contributed by atoms with Crippen molar-refractivity contribution in [1.82, 2.24) is 14.9 Å². The Labute approximate surface area is 132 Å². The van der Waals surface area contributed by atoms with Gasteiger partial charge in [0.2, 0.25) is 5.91 Å². The van der Waals surface area contributed by atoms with Crippen LogP contribution in [0.15, 0.2) is 24.5 Å². The number of carbonyl (C=O) groups is 1. The molecule has 118 valence electrons. The molecule has 1 aromatic heterocycles. The summed E-state index contributed by atoms with van der Waals surface area (Å²) in [4.78, 5) is 16.2. The first-order valence-electron chi connectivity index (χ1n) is 6.89. The van der Waals surface area contributed by atoms with Gasteiger partial charge < -0.3 is 9.88 Å². The molecule has 22 heavy (non-hydrogen) atoms. The SMILES string of the molecule is CCC[C@H](C(=O)NC)n1ccnc1-c1ccc(F)c(Cl)c1F. The highest BCUT2D eigenvalue weighted by atomic mass is 35.5. The van der Waals surface area contributed by atoms with Crippen LogP contribution < -0.4 is 5.32 Å². The molecule has 0 unspecified atom stereocenters. The van der Waals surface area contributed by atoms with Crippen molar-refractivity contribution in [1.29, 1.82) is 0 Å². The molecule has 0 aliphatic carbocycles. The lowest BCUT2D eigenvalue weighted by Gasteiger charge is -2.19. The Balaban J connectivity index is 2.53. The third-order valence-electron chi connectivity index (χ3n) is 3.39. The molecule has 0 saturated carbocycles. The smallest absolute Gasteiger partial charge is 0.242 e. The molecule has 0 saturated heterocycles. The molecule has 7 heteroatoms. The highest BCUT2D eigenvalue weighted by Crippen LogP contribution is 2.31. The Morgan fingerprint density at radius 1 is 1.45 bits per heavy atom. The zero-order valence-corrected chi connectivity index (χ0v) is 13.0. The van der Waals surface area contributed by atoms with Gasteiger partial charge in [-0.1, -0.05) is 24.9 Å². The lowest BCUT2D eigenvalue weighted by molar-refractivity contribution is -0.124. The van der Waals surface area contributed by atoms with Crippen molar-refractivity contribution in [3.8, 4) is 11.4 Å². The van der Waals surface area contributed by atoms with E-state index in [9.17, 15) is 13.6 Å². The van der Waals surface area contributed by atoms with Crippen LogP contribution in [0.1, 0.15) is 25.8 Å². The van der Waals surface area contributed by atoms with E-state index in [0.717, 1.165) is 12.5 Å². The van der Waals surface area contributed by atoms with Gasteiger partial charge >= 0.3 is 0 Å². The predicted molar refractivity (Wildman–Crippen MR) is 80.6 cm³/mol. The fourth-order valence-electron chi connectivity index (χ4n) is 2.31. The number of aromatic nitrogens is 2. The highest BCUT2D eigenvalue weighted by molar-refractivity contribution is 6.31. The van der Waals surface area contributed by atoms with Gasteiger partial charge in [0.25, 0.3) is 0 Å². The first-order valence-corrected chi connectivity index (χ1v) is 7.27. The molecule has 1 amide bonds. The molecule has 2 rings (SSSR count). The van der Waals surface area contributed by atoms with Crippen LogP contribution in [0.2, 0.25) is 5.02 Å². The fraction of sp³-hybridized carbons (Fsp3) is 0.333. The Morgan fingerprint density at radius 3 is 2.82 bits per heavy atom. The second kappa shape index (κ2) is 6.87. The van der Waals surface area contributed by atoms with E-state index in [0.29, 0.717) is 6.42 Å². The zero-order valence-electron chi connectivity index (χ0n) is 12.2. The van der Waals surface area contributed by atoms with E-state index in [-0.39, 0.29) is 17.3 Å². The standard InChI is InChI=1S/C15H16ClF2N3O/c1-3-4-11(15(22)19-2)21-8-7-20-14(21)9-5-6-10(17)12(16)13(9)18/h5-8,11H,3-4H2,1-2H3,(H,19,22)/t11-/m1/s1. The minimum absolute atomic E-state index is 0.0569. The van der Waals surface area contributed by atoms with Crippen molar-refractivity contribution >= 4 is 17.5 Å². The molecule has 0 aliphatic rings. The Kier molecular flexibility index (Phi) is 5.13. The number of benzene rings is 1. The summed E-state index contributed by atoms with van der Waals surface area (Å²) in [6, 6.07) is 1.83. The summed E-state index contributed by atoms with van der Waals surface area (Å²) >= 11 is 5.62.